The average molecular weight is 421 g/mol. The number of carboxylic acid groups (broad SMARTS) is 1. The quantitative estimate of drug-likeness (QED) is 0.341. The van der Waals surface area contributed by atoms with Gasteiger partial charge in [-0.15, -0.1) is 0 Å². The second kappa shape index (κ2) is 11.9. The lowest BCUT2D eigenvalue weighted by atomic mass is 9.99. The monoisotopic (exact) mass is 420 g/mol. The van der Waals surface area contributed by atoms with Crippen molar-refractivity contribution in [2.24, 2.45) is 17.6 Å². The molecule has 0 aromatic heterocycles. The Labute approximate surface area is 176 Å². The number of amides is 3. The molecule has 1 aromatic rings. The van der Waals surface area contributed by atoms with Crippen LogP contribution in [0.15, 0.2) is 30.3 Å². The molecule has 30 heavy (non-hydrogen) atoms. The predicted octanol–water partition coefficient (Wildman–Crippen LogP) is 0.0388. The van der Waals surface area contributed by atoms with Gasteiger partial charge in [0.25, 0.3) is 0 Å². The van der Waals surface area contributed by atoms with Crippen LogP contribution in [0.2, 0.25) is 0 Å². The van der Waals surface area contributed by atoms with Crippen LogP contribution in [0.4, 0.5) is 0 Å². The van der Waals surface area contributed by atoms with Crippen LogP contribution in [0.1, 0.15) is 33.3 Å². The number of carbonyl (C=O) groups is 4. The number of nitrogens with two attached hydrogens (primary N) is 1. The molecule has 0 fully saturated rings. The van der Waals surface area contributed by atoms with E-state index in [1.165, 1.54) is 0 Å². The smallest absolute Gasteiger partial charge is 0.326 e. The van der Waals surface area contributed by atoms with Crippen molar-refractivity contribution in [2.75, 3.05) is 6.54 Å². The van der Waals surface area contributed by atoms with E-state index in [1.807, 2.05) is 6.07 Å². The predicted molar refractivity (Wildman–Crippen MR) is 112 cm³/mol. The number of rotatable bonds is 11. The van der Waals surface area contributed by atoms with E-state index in [9.17, 15) is 24.3 Å². The van der Waals surface area contributed by atoms with Crippen molar-refractivity contribution in [1.82, 2.24) is 16.0 Å². The van der Waals surface area contributed by atoms with E-state index in [2.05, 4.69) is 16.0 Å². The Morgan fingerprint density at radius 1 is 0.867 bits per heavy atom. The van der Waals surface area contributed by atoms with E-state index in [0.29, 0.717) is 0 Å². The molecule has 166 valence electrons. The Morgan fingerprint density at radius 3 is 1.83 bits per heavy atom. The highest BCUT2D eigenvalue weighted by molar-refractivity contribution is 5.93. The van der Waals surface area contributed by atoms with Crippen LogP contribution < -0.4 is 21.7 Å². The van der Waals surface area contributed by atoms with Crippen LogP contribution in [0.25, 0.3) is 0 Å². The first-order chi connectivity index (χ1) is 14.1. The zero-order valence-corrected chi connectivity index (χ0v) is 17.8. The van der Waals surface area contributed by atoms with Gasteiger partial charge >= 0.3 is 5.97 Å². The summed E-state index contributed by atoms with van der Waals surface area (Å²) in [4.78, 5) is 48.8. The normalized spacial score (nSPS) is 14.0. The lowest BCUT2D eigenvalue weighted by molar-refractivity contribution is -0.142. The lowest BCUT2D eigenvalue weighted by Crippen LogP contribution is -2.59. The molecule has 0 radical (unpaired) electrons. The molecule has 3 atom stereocenters. The van der Waals surface area contributed by atoms with Crippen molar-refractivity contribution >= 4 is 23.7 Å². The van der Waals surface area contributed by atoms with Crippen LogP contribution >= 0.6 is 0 Å². The van der Waals surface area contributed by atoms with Gasteiger partial charge in [-0.1, -0.05) is 58.0 Å². The van der Waals surface area contributed by atoms with Crippen molar-refractivity contribution in [1.29, 1.82) is 0 Å². The largest absolute Gasteiger partial charge is 0.480 e. The Balaban J connectivity index is 2.91. The minimum Gasteiger partial charge on any atom is -0.480 e. The zero-order valence-electron chi connectivity index (χ0n) is 17.8. The highest BCUT2D eigenvalue weighted by Crippen LogP contribution is 2.09. The third kappa shape index (κ3) is 7.82. The molecule has 6 N–H and O–H groups in total. The molecule has 0 aliphatic carbocycles. The molecule has 0 spiro atoms. The summed E-state index contributed by atoms with van der Waals surface area (Å²) in [7, 11) is 0. The van der Waals surface area contributed by atoms with Crippen molar-refractivity contribution in [3.05, 3.63) is 35.9 Å². The van der Waals surface area contributed by atoms with Gasteiger partial charge < -0.3 is 26.8 Å². The van der Waals surface area contributed by atoms with E-state index in [-0.39, 0.29) is 24.8 Å². The highest BCUT2D eigenvalue weighted by Gasteiger charge is 2.32. The van der Waals surface area contributed by atoms with E-state index in [1.54, 1.807) is 52.0 Å². The van der Waals surface area contributed by atoms with E-state index >= 15 is 0 Å². The first-order valence-corrected chi connectivity index (χ1v) is 9.93. The molecule has 1 rings (SSSR count). The van der Waals surface area contributed by atoms with Crippen LogP contribution in [-0.4, -0.2) is 53.5 Å². The summed E-state index contributed by atoms with van der Waals surface area (Å²) in [6, 6.07) is 5.96. The van der Waals surface area contributed by atoms with Crippen LogP contribution in [0.3, 0.4) is 0 Å². The number of carboxylic acids is 1. The van der Waals surface area contributed by atoms with Gasteiger partial charge in [-0.2, -0.15) is 0 Å². The molecule has 0 saturated carbocycles. The Bertz CT molecular complexity index is 736. The lowest BCUT2D eigenvalue weighted by Gasteiger charge is -2.28. The van der Waals surface area contributed by atoms with Crippen LogP contribution in [0, 0.1) is 11.8 Å². The molecule has 3 amide bonds. The van der Waals surface area contributed by atoms with Gasteiger partial charge in [0.2, 0.25) is 17.7 Å². The van der Waals surface area contributed by atoms with Crippen LogP contribution in [0.5, 0.6) is 0 Å². The summed E-state index contributed by atoms with van der Waals surface area (Å²) < 4.78 is 0. The first kappa shape index (κ1) is 25.1. The fraction of sp³-hybridized carbons (Fsp3) is 0.524. The van der Waals surface area contributed by atoms with E-state index in [0.717, 1.165) is 5.56 Å². The summed E-state index contributed by atoms with van der Waals surface area (Å²) in [5.74, 6) is -3.33. The third-order valence-corrected chi connectivity index (χ3v) is 4.60. The molecule has 0 heterocycles. The zero-order chi connectivity index (χ0) is 22.8. The highest BCUT2D eigenvalue weighted by atomic mass is 16.4. The number of hydrogen-bond acceptors (Lipinski definition) is 5. The fourth-order valence-electron chi connectivity index (χ4n) is 2.86. The maximum absolute atomic E-state index is 12.8. The van der Waals surface area contributed by atoms with Gasteiger partial charge in [0.05, 0.1) is 6.54 Å². The topological polar surface area (TPSA) is 151 Å². The molecule has 0 aliphatic heterocycles. The summed E-state index contributed by atoms with van der Waals surface area (Å²) >= 11 is 0. The third-order valence-electron chi connectivity index (χ3n) is 4.60. The summed E-state index contributed by atoms with van der Waals surface area (Å²) in [6.45, 7) is 6.72. The Kier molecular flexibility index (Phi) is 9.97. The van der Waals surface area contributed by atoms with Gasteiger partial charge in [-0.05, 0) is 17.4 Å². The molecule has 3 unspecified atom stereocenters. The molecular formula is C21H32N4O5. The molecule has 1 aromatic carbocycles. The Hall–Kier alpha value is -2.94. The summed E-state index contributed by atoms with van der Waals surface area (Å²) in [6.07, 6.45) is 0.113. The van der Waals surface area contributed by atoms with Crippen molar-refractivity contribution in [3.63, 3.8) is 0 Å². The molecule has 0 bridgehead atoms. The summed E-state index contributed by atoms with van der Waals surface area (Å²) in [5.41, 5.74) is 6.06. The summed E-state index contributed by atoms with van der Waals surface area (Å²) in [5, 5.41) is 17.2. The van der Waals surface area contributed by atoms with Gasteiger partial charge in [0.1, 0.15) is 18.1 Å². The molecule has 0 saturated heterocycles. The fourth-order valence-corrected chi connectivity index (χ4v) is 2.86. The average Bonchev–Trinajstić information content (AvgIpc) is 2.69. The second-order valence-corrected chi connectivity index (χ2v) is 7.81. The van der Waals surface area contributed by atoms with Crippen molar-refractivity contribution < 1.29 is 24.3 Å². The molecule has 0 aliphatic rings. The second-order valence-electron chi connectivity index (χ2n) is 7.81. The van der Waals surface area contributed by atoms with Crippen molar-refractivity contribution in [2.45, 2.75) is 52.2 Å². The number of aliphatic carboxylic acids is 1. The van der Waals surface area contributed by atoms with Crippen LogP contribution in [-0.2, 0) is 25.6 Å². The number of carbonyl (C=O) groups excluding carboxylic acids is 3. The number of hydrogen-bond donors (Lipinski definition) is 5. The van der Waals surface area contributed by atoms with Crippen molar-refractivity contribution in [3.8, 4) is 0 Å². The maximum atomic E-state index is 12.8. The Morgan fingerprint density at radius 2 is 1.37 bits per heavy atom. The molecule has 9 heteroatoms. The van der Waals surface area contributed by atoms with Gasteiger partial charge in [0.15, 0.2) is 0 Å². The number of benzene rings is 1. The van der Waals surface area contributed by atoms with Gasteiger partial charge in [0, 0.05) is 6.42 Å². The SMILES string of the molecule is CC(C)C(NC(=O)CN)C(=O)NC(C(=O)NC(Cc1ccccc1)C(=O)O)C(C)C. The molecular weight excluding hydrogens is 388 g/mol. The molecule has 9 nitrogen and oxygen atoms in total. The van der Waals surface area contributed by atoms with Gasteiger partial charge in [-0.3, -0.25) is 14.4 Å². The first-order valence-electron chi connectivity index (χ1n) is 9.93. The van der Waals surface area contributed by atoms with E-state index < -0.39 is 41.8 Å². The minimum absolute atomic E-state index is 0.113. The number of nitrogens with one attached hydrogen (secondary N) is 3. The minimum atomic E-state index is -1.17. The maximum Gasteiger partial charge on any atom is 0.326 e. The van der Waals surface area contributed by atoms with E-state index in [4.69, 9.17) is 5.73 Å². The standard InChI is InChI=1S/C21H32N4O5/c1-12(2)17(24-16(26)11-22)20(28)25-18(13(3)4)19(27)23-15(21(29)30)10-14-8-6-5-7-9-14/h5-9,12-13,15,17-18H,10-11,22H2,1-4H3,(H,23,27)(H,24,26)(H,25,28)(H,29,30). The van der Waals surface area contributed by atoms with Gasteiger partial charge in [-0.25, -0.2) is 4.79 Å².